The zero-order valence-corrected chi connectivity index (χ0v) is 15.2. The highest BCUT2D eigenvalue weighted by Gasteiger charge is 2.16. The zero-order valence-electron chi connectivity index (χ0n) is 15.2. The van der Waals surface area contributed by atoms with E-state index in [9.17, 15) is 9.90 Å². The standard InChI is InChI=1S/C19H24N2O5/c1-4-24-16-11-14(12-17(25-5-2)18(16)26-6-3)21-19(23)20-13-8-7-9-15(22)10-13/h7-12,22H,4-6H2,1-3H3,(H2,20,21,23). The number of carbonyl (C=O) groups excluding carboxylic acids is 1. The molecule has 2 amide bonds. The predicted octanol–water partition coefficient (Wildman–Crippen LogP) is 4.23. The molecule has 2 aromatic rings. The maximum Gasteiger partial charge on any atom is 0.323 e. The molecule has 0 saturated heterocycles. The van der Waals surface area contributed by atoms with Crippen molar-refractivity contribution in [2.45, 2.75) is 20.8 Å². The van der Waals surface area contributed by atoms with Crippen molar-refractivity contribution < 1.29 is 24.1 Å². The molecular weight excluding hydrogens is 336 g/mol. The van der Waals surface area contributed by atoms with Crippen molar-refractivity contribution in [3.8, 4) is 23.0 Å². The van der Waals surface area contributed by atoms with Crippen molar-refractivity contribution in [3.05, 3.63) is 36.4 Å². The number of ether oxygens (including phenoxy) is 3. The van der Waals surface area contributed by atoms with Gasteiger partial charge in [-0.2, -0.15) is 0 Å². The Morgan fingerprint density at radius 2 is 1.46 bits per heavy atom. The summed E-state index contributed by atoms with van der Waals surface area (Å²) in [5, 5.41) is 14.8. The summed E-state index contributed by atoms with van der Waals surface area (Å²) < 4.78 is 16.9. The predicted molar refractivity (Wildman–Crippen MR) is 101 cm³/mol. The molecule has 7 nitrogen and oxygen atoms in total. The average Bonchev–Trinajstić information content (AvgIpc) is 2.58. The third-order valence-electron chi connectivity index (χ3n) is 3.27. The number of anilines is 2. The maximum absolute atomic E-state index is 12.2. The van der Waals surface area contributed by atoms with Gasteiger partial charge in [0.25, 0.3) is 0 Å². The van der Waals surface area contributed by atoms with Gasteiger partial charge in [0.15, 0.2) is 11.5 Å². The summed E-state index contributed by atoms with van der Waals surface area (Å²) in [5.74, 6) is 1.57. The van der Waals surface area contributed by atoms with E-state index in [2.05, 4.69) is 10.6 Å². The van der Waals surface area contributed by atoms with Crippen LogP contribution >= 0.6 is 0 Å². The molecule has 0 aliphatic heterocycles. The van der Waals surface area contributed by atoms with E-state index in [1.54, 1.807) is 24.3 Å². The number of hydrogen-bond donors (Lipinski definition) is 3. The molecule has 0 heterocycles. The normalized spacial score (nSPS) is 10.1. The molecule has 0 bridgehead atoms. The Kier molecular flexibility index (Phi) is 6.96. The fourth-order valence-electron chi connectivity index (χ4n) is 2.34. The van der Waals surface area contributed by atoms with Crippen LogP contribution in [0.1, 0.15) is 20.8 Å². The second kappa shape index (κ2) is 9.41. The van der Waals surface area contributed by atoms with Crippen molar-refractivity contribution in [3.63, 3.8) is 0 Å². The highest BCUT2D eigenvalue weighted by Crippen LogP contribution is 2.40. The van der Waals surface area contributed by atoms with E-state index >= 15 is 0 Å². The molecule has 0 saturated carbocycles. The van der Waals surface area contributed by atoms with Crippen LogP contribution in [-0.4, -0.2) is 31.0 Å². The van der Waals surface area contributed by atoms with Crippen LogP contribution in [0, 0.1) is 0 Å². The molecule has 2 aromatic carbocycles. The topological polar surface area (TPSA) is 89.1 Å². The molecule has 0 aliphatic carbocycles. The van der Waals surface area contributed by atoms with Crippen LogP contribution < -0.4 is 24.8 Å². The third kappa shape index (κ3) is 5.20. The highest BCUT2D eigenvalue weighted by atomic mass is 16.5. The molecule has 0 fully saturated rings. The van der Waals surface area contributed by atoms with E-state index in [4.69, 9.17) is 14.2 Å². The molecule has 26 heavy (non-hydrogen) atoms. The zero-order chi connectivity index (χ0) is 18.9. The number of nitrogens with one attached hydrogen (secondary N) is 2. The van der Waals surface area contributed by atoms with E-state index in [-0.39, 0.29) is 5.75 Å². The van der Waals surface area contributed by atoms with Crippen LogP contribution in [0.5, 0.6) is 23.0 Å². The van der Waals surface area contributed by atoms with Gasteiger partial charge in [0.05, 0.1) is 25.5 Å². The lowest BCUT2D eigenvalue weighted by atomic mass is 10.2. The van der Waals surface area contributed by atoms with Crippen molar-refractivity contribution in [2.24, 2.45) is 0 Å². The molecule has 0 radical (unpaired) electrons. The number of hydrogen-bond acceptors (Lipinski definition) is 5. The van der Waals surface area contributed by atoms with E-state index in [0.717, 1.165) is 0 Å². The largest absolute Gasteiger partial charge is 0.508 e. The molecule has 3 N–H and O–H groups in total. The molecular formula is C19H24N2O5. The molecule has 0 aromatic heterocycles. The minimum Gasteiger partial charge on any atom is -0.508 e. The van der Waals surface area contributed by atoms with E-state index in [1.165, 1.54) is 12.1 Å². The maximum atomic E-state index is 12.2. The molecule has 2 rings (SSSR count). The summed E-state index contributed by atoms with van der Waals surface area (Å²) >= 11 is 0. The van der Waals surface area contributed by atoms with Gasteiger partial charge in [0, 0.05) is 23.9 Å². The van der Waals surface area contributed by atoms with Gasteiger partial charge in [0.1, 0.15) is 5.75 Å². The van der Waals surface area contributed by atoms with Crippen LogP contribution in [0.15, 0.2) is 36.4 Å². The second-order valence-corrected chi connectivity index (χ2v) is 5.23. The van der Waals surface area contributed by atoms with Crippen molar-refractivity contribution in [1.82, 2.24) is 0 Å². The minimum absolute atomic E-state index is 0.0705. The summed E-state index contributed by atoms with van der Waals surface area (Å²) in [7, 11) is 0. The first-order chi connectivity index (χ1) is 12.6. The Bertz CT molecular complexity index is 721. The summed E-state index contributed by atoms with van der Waals surface area (Å²) in [6.07, 6.45) is 0. The quantitative estimate of drug-likeness (QED) is 0.655. The van der Waals surface area contributed by atoms with Gasteiger partial charge >= 0.3 is 6.03 Å². The second-order valence-electron chi connectivity index (χ2n) is 5.23. The van der Waals surface area contributed by atoms with Crippen molar-refractivity contribution in [2.75, 3.05) is 30.5 Å². The van der Waals surface area contributed by atoms with Gasteiger partial charge in [0.2, 0.25) is 5.75 Å². The van der Waals surface area contributed by atoms with Crippen LogP contribution in [-0.2, 0) is 0 Å². The number of benzene rings is 2. The summed E-state index contributed by atoms with van der Waals surface area (Å²) in [6, 6.07) is 9.20. The number of aromatic hydroxyl groups is 1. The van der Waals surface area contributed by atoms with E-state index < -0.39 is 6.03 Å². The first kappa shape index (κ1) is 19.2. The summed E-state index contributed by atoms with van der Waals surface area (Å²) in [4.78, 5) is 12.2. The molecule has 0 spiro atoms. The van der Waals surface area contributed by atoms with Crippen molar-refractivity contribution >= 4 is 17.4 Å². The number of phenols is 1. The lowest BCUT2D eigenvalue weighted by Gasteiger charge is -2.17. The Hall–Kier alpha value is -3.09. The fraction of sp³-hybridized carbons (Fsp3) is 0.316. The molecule has 0 aliphatic rings. The lowest BCUT2D eigenvalue weighted by Crippen LogP contribution is -2.19. The third-order valence-corrected chi connectivity index (χ3v) is 3.27. The van der Waals surface area contributed by atoms with Crippen LogP contribution in [0.25, 0.3) is 0 Å². The number of amides is 2. The van der Waals surface area contributed by atoms with Crippen LogP contribution in [0.4, 0.5) is 16.2 Å². The molecule has 0 atom stereocenters. The van der Waals surface area contributed by atoms with Gasteiger partial charge in [-0.3, -0.25) is 0 Å². The fourth-order valence-corrected chi connectivity index (χ4v) is 2.34. The van der Waals surface area contributed by atoms with Gasteiger partial charge < -0.3 is 30.0 Å². The van der Waals surface area contributed by atoms with Gasteiger partial charge in [-0.15, -0.1) is 0 Å². The van der Waals surface area contributed by atoms with E-state index in [1.807, 2.05) is 20.8 Å². The number of carbonyl (C=O) groups is 1. The average molecular weight is 360 g/mol. The Labute approximate surface area is 152 Å². The number of rotatable bonds is 8. The Morgan fingerprint density at radius 1 is 0.885 bits per heavy atom. The van der Waals surface area contributed by atoms with Gasteiger partial charge in [-0.25, -0.2) is 4.79 Å². The first-order valence-electron chi connectivity index (χ1n) is 8.50. The highest BCUT2D eigenvalue weighted by molar-refractivity contribution is 6.00. The first-order valence-corrected chi connectivity index (χ1v) is 8.50. The Balaban J connectivity index is 2.22. The van der Waals surface area contributed by atoms with Crippen LogP contribution in [0.2, 0.25) is 0 Å². The lowest BCUT2D eigenvalue weighted by molar-refractivity contribution is 0.260. The minimum atomic E-state index is -0.454. The van der Waals surface area contributed by atoms with Crippen molar-refractivity contribution in [1.29, 1.82) is 0 Å². The van der Waals surface area contributed by atoms with Gasteiger partial charge in [-0.1, -0.05) is 6.07 Å². The van der Waals surface area contributed by atoms with Gasteiger partial charge in [-0.05, 0) is 32.9 Å². The monoisotopic (exact) mass is 360 g/mol. The summed E-state index contributed by atoms with van der Waals surface area (Å²) in [6.45, 7) is 6.97. The summed E-state index contributed by atoms with van der Waals surface area (Å²) in [5.41, 5.74) is 0.974. The molecule has 140 valence electrons. The molecule has 0 unspecified atom stereocenters. The number of urea groups is 1. The number of phenolic OH excluding ortho intramolecular Hbond substituents is 1. The van der Waals surface area contributed by atoms with E-state index in [0.29, 0.717) is 48.4 Å². The van der Waals surface area contributed by atoms with Crippen LogP contribution in [0.3, 0.4) is 0 Å². The molecule has 7 heteroatoms. The smallest absolute Gasteiger partial charge is 0.323 e. The SMILES string of the molecule is CCOc1cc(NC(=O)Nc2cccc(O)c2)cc(OCC)c1OCC. The Morgan fingerprint density at radius 3 is 2.00 bits per heavy atom.